The van der Waals surface area contributed by atoms with E-state index in [1.807, 2.05) is 30.0 Å². The predicted molar refractivity (Wildman–Crippen MR) is 104 cm³/mol. The van der Waals surface area contributed by atoms with Crippen LogP contribution in [0.1, 0.15) is 32.9 Å². The monoisotopic (exact) mass is 387 g/mol. The second-order valence-electron chi connectivity index (χ2n) is 5.74. The highest BCUT2D eigenvalue weighted by atomic mass is 35.5. The van der Waals surface area contributed by atoms with Crippen molar-refractivity contribution >= 4 is 42.1 Å². The molecule has 1 N–H and O–H groups in total. The molecule has 2 aromatic rings. The number of carbonyl (C=O) groups excluding carboxylic acids is 1. The van der Waals surface area contributed by atoms with E-state index in [1.165, 1.54) is 16.9 Å². The average Bonchev–Trinajstić information content (AvgIpc) is 2.88. The summed E-state index contributed by atoms with van der Waals surface area (Å²) in [6.07, 6.45) is 0.788. The molecule has 1 amide bonds. The van der Waals surface area contributed by atoms with E-state index < -0.39 is 0 Å². The molecule has 1 aromatic carbocycles. The van der Waals surface area contributed by atoms with Gasteiger partial charge < -0.3 is 10.2 Å². The Labute approximate surface area is 159 Å². The van der Waals surface area contributed by atoms with Gasteiger partial charge in [0.25, 0.3) is 5.91 Å². The Balaban J connectivity index is 0.00000144. The summed E-state index contributed by atoms with van der Waals surface area (Å²) in [7, 11) is 0. The predicted octanol–water partition coefficient (Wildman–Crippen LogP) is 3.32. The van der Waals surface area contributed by atoms with Crippen molar-refractivity contribution in [1.29, 1.82) is 0 Å². The van der Waals surface area contributed by atoms with E-state index in [4.69, 9.17) is 0 Å². The first kappa shape index (κ1) is 20.9. The van der Waals surface area contributed by atoms with Gasteiger partial charge in [-0.1, -0.05) is 30.3 Å². The van der Waals surface area contributed by atoms with Gasteiger partial charge in [0.05, 0.1) is 10.7 Å². The van der Waals surface area contributed by atoms with Crippen LogP contribution >= 0.6 is 36.2 Å². The van der Waals surface area contributed by atoms with E-state index in [0.717, 1.165) is 41.6 Å². The number of thiazole rings is 1. The average molecular weight is 388 g/mol. The topological polar surface area (TPSA) is 45.2 Å². The van der Waals surface area contributed by atoms with Crippen LogP contribution in [0.4, 0.5) is 0 Å². The number of aromatic nitrogens is 1. The molecule has 1 aromatic heterocycles. The lowest BCUT2D eigenvalue weighted by Gasteiger charge is -2.33. The first-order valence-corrected chi connectivity index (χ1v) is 8.48. The highest BCUT2D eigenvalue weighted by Gasteiger charge is 2.27. The number of rotatable bonds is 3. The van der Waals surface area contributed by atoms with Crippen molar-refractivity contribution in [3.8, 4) is 0 Å². The molecule has 0 saturated carbocycles. The van der Waals surface area contributed by atoms with Crippen molar-refractivity contribution in [1.82, 2.24) is 15.2 Å². The molecule has 1 fully saturated rings. The third-order valence-electron chi connectivity index (χ3n) is 4.00. The smallest absolute Gasteiger partial charge is 0.266 e. The number of benzene rings is 1. The van der Waals surface area contributed by atoms with Gasteiger partial charge in [-0.15, -0.1) is 36.2 Å². The van der Waals surface area contributed by atoms with Crippen LogP contribution in [0.5, 0.6) is 0 Å². The van der Waals surface area contributed by atoms with Gasteiger partial charge in [0.15, 0.2) is 0 Å². The van der Waals surface area contributed by atoms with Gasteiger partial charge in [0, 0.05) is 32.1 Å². The molecule has 24 heavy (non-hydrogen) atoms. The Morgan fingerprint density at radius 2 is 2.04 bits per heavy atom. The van der Waals surface area contributed by atoms with Crippen LogP contribution in [0.15, 0.2) is 30.3 Å². The van der Waals surface area contributed by atoms with E-state index in [-0.39, 0.29) is 36.8 Å². The molecular formula is C17H23Cl2N3OS. The normalized spacial score (nSPS) is 16.9. The van der Waals surface area contributed by atoms with E-state index >= 15 is 0 Å². The summed E-state index contributed by atoms with van der Waals surface area (Å²) in [4.78, 5) is 20.1. The fourth-order valence-electron chi connectivity index (χ4n) is 2.77. The SMILES string of the molecule is Cc1nc(Cc2ccccc2)sc1C(=O)N1CCNCC1C.Cl.Cl. The summed E-state index contributed by atoms with van der Waals surface area (Å²) in [6.45, 7) is 6.52. The largest absolute Gasteiger partial charge is 0.333 e. The molecule has 0 bridgehead atoms. The molecule has 132 valence electrons. The molecule has 0 radical (unpaired) electrons. The van der Waals surface area contributed by atoms with Gasteiger partial charge in [-0.25, -0.2) is 4.98 Å². The van der Waals surface area contributed by atoms with E-state index in [2.05, 4.69) is 29.4 Å². The summed E-state index contributed by atoms with van der Waals surface area (Å²) in [5, 5.41) is 4.33. The molecule has 4 nitrogen and oxygen atoms in total. The van der Waals surface area contributed by atoms with E-state index in [0.29, 0.717) is 0 Å². The fraction of sp³-hybridized carbons (Fsp3) is 0.412. The maximum absolute atomic E-state index is 12.8. The number of nitrogens with one attached hydrogen (secondary N) is 1. The summed E-state index contributed by atoms with van der Waals surface area (Å²) in [6, 6.07) is 10.5. The van der Waals surface area contributed by atoms with Crippen LogP contribution in [0.2, 0.25) is 0 Å². The van der Waals surface area contributed by atoms with Crippen LogP contribution in [-0.2, 0) is 6.42 Å². The molecule has 3 rings (SSSR count). The number of halogens is 2. The summed E-state index contributed by atoms with van der Waals surface area (Å²) in [5.41, 5.74) is 2.08. The third kappa shape index (κ3) is 4.70. The first-order chi connectivity index (χ1) is 10.6. The van der Waals surface area contributed by atoms with Crippen molar-refractivity contribution in [2.75, 3.05) is 19.6 Å². The molecule has 0 spiro atoms. The number of hydrogen-bond acceptors (Lipinski definition) is 4. The molecular weight excluding hydrogens is 365 g/mol. The molecule has 1 aliphatic rings. The van der Waals surface area contributed by atoms with Crippen molar-refractivity contribution in [2.45, 2.75) is 26.3 Å². The van der Waals surface area contributed by atoms with Gasteiger partial charge in [0.2, 0.25) is 0 Å². The zero-order valence-electron chi connectivity index (χ0n) is 13.8. The van der Waals surface area contributed by atoms with Gasteiger partial charge in [-0.2, -0.15) is 0 Å². The number of hydrogen-bond donors (Lipinski definition) is 1. The third-order valence-corrected chi connectivity index (χ3v) is 5.14. The Hall–Kier alpha value is -1.14. The maximum Gasteiger partial charge on any atom is 0.266 e. The van der Waals surface area contributed by atoms with Gasteiger partial charge in [-0.3, -0.25) is 4.79 Å². The quantitative estimate of drug-likeness (QED) is 0.878. The Kier molecular flexibility index (Phi) is 8.16. The number of nitrogens with zero attached hydrogens (tertiary/aromatic N) is 2. The van der Waals surface area contributed by atoms with Crippen LogP contribution in [0, 0.1) is 6.92 Å². The summed E-state index contributed by atoms with van der Waals surface area (Å²) >= 11 is 1.54. The number of piperazine rings is 1. The molecule has 1 atom stereocenters. The Bertz CT molecular complexity index is 663. The van der Waals surface area contributed by atoms with Crippen LogP contribution < -0.4 is 5.32 Å². The minimum absolute atomic E-state index is 0. The molecule has 2 heterocycles. The van der Waals surface area contributed by atoms with Gasteiger partial charge >= 0.3 is 0 Å². The second kappa shape index (κ2) is 9.37. The Morgan fingerprint density at radius 3 is 2.71 bits per heavy atom. The zero-order valence-corrected chi connectivity index (χ0v) is 16.3. The highest BCUT2D eigenvalue weighted by Crippen LogP contribution is 2.23. The van der Waals surface area contributed by atoms with Crippen LogP contribution in [-0.4, -0.2) is 41.5 Å². The molecule has 7 heteroatoms. The maximum atomic E-state index is 12.8. The molecule has 1 aliphatic heterocycles. The van der Waals surface area contributed by atoms with E-state index in [1.54, 1.807) is 0 Å². The van der Waals surface area contributed by atoms with Crippen molar-refractivity contribution < 1.29 is 4.79 Å². The van der Waals surface area contributed by atoms with Crippen molar-refractivity contribution in [3.05, 3.63) is 51.5 Å². The summed E-state index contributed by atoms with van der Waals surface area (Å²) in [5.74, 6) is 0.128. The Morgan fingerprint density at radius 1 is 1.33 bits per heavy atom. The number of aryl methyl sites for hydroxylation is 1. The van der Waals surface area contributed by atoms with Crippen LogP contribution in [0.3, 0.4) is 0 Å². The minimum atomic E-state index is 0. The van der Waals surface area contributed by atoms with Crippen LogP contribution in [0.25, 0.3) is 0 Å². The lowest BCUT2D eigenvalue weighted by molar-refractivity contribution is 0.0660. The molecule has 1 unspecified atom stereocenters. The second-order valence-corrected chi connectivity index (χ2v) is 6.82. The lowest BCUT2D eigenvalue weighted by atomic mass is 10.2. The van der Waals surface area contributed by atoms with E-state index in [9.17, 15) is 4.79 Å². The zero-order chi connectivity index (χ0) is 15.5. The van der Waals surface area contributed by atoms with Crippen molar-refractivity contribution in [2.24, 2.45) is 0 Å². The number of carbonyl (C=O) groups is 1. The highest BCUT2D eigenvalue weighted by molar-refractivity contribution is 7.13. The lowest BCUT2D eigenvalue weighted by Crippen LogP contribution is -2.52. The molecule has 1 saturated heterocycles. The first-order valence-electron chi connectivity index (χ1n) is 7.67. The number of amides is 1. The van der Waals surface area contributed by atoms with Gasteiger partial charge in [-0.05, 0) is 19.4 Å². The minimum Gasteiger partial charge on any atom is -0.333 e. The van der Waals surface area contributed by atoms with Crippen molar-refractivity contribution in [3.63, 3.8) is 0 Å². The standard InChI is InChI=1S/C17H21N3OS.2ClH/c1-12-11-18-8-9-20(12)17(21)16-13(2)19-15(22-16)10-14-6-4-3-5-7-14;;/h3-7,12,18H,8-11H2,1-2H3;2*1H. The molecule has 0 aliphatic carbocycles. The van der Waals surface area contributed by atoms with Gasteiger partial charge in [0.1, 0.15) is 4.88 Å². The summed E-state index contributed by atoms with van der Waals surface area (Å²) < 4.78 is 0. The fourth-order valence-corrected chi connectivity index (χ4v) is 3.82.